The smallest absolute Gasteiger partial charge is 0.0754 e. The van der Waals surface area contributed by atoms with Gasteiger partial charge in [0.1, 0.15) is 0 Å². The lowest BCUT2D eigenvalue weighted by Gasteiger charge is -2.12. The summed E-state index contributed by atoms with van der Waals surface area (Å²) >= 11 is 0. The second-order valence-corrected chi connectivity index (χ2v) is 4.64. The molecule has 0 aliphatic heterocycles. The molecule has 2 aliphatic carbocycles. The van der Waals surface area contributed by atoms with E-state index >= 15 is 0 Å². The fourth-order valence-electron chi connectivity index (χ4n) is 3.21. The van der Waals surface area contributed by atoms with Crippen LogP contribution in [-0.4, -0.2) is 15.0 Å². The summed E-state index contributed by atoms with van der Waals surface area (Å²) in [5, 5.41) is 7.81. The van der Waals surface area contributed by atoms with Crippen molar-refractivity contribution >= 4 is 0 Å². The Bertz CT molecular complexity index is 336. The minimum Gasteiger partial charge on any atom is -0.322 e. The molecule has 0 saturated heterocycles. The standard InChI is InChI=1S/C10H16N4/c1-14-8(5-12-13-14)10(11)9-6-3-2-4-7(6)9/h5-7,9-10H,2-4,11H2,1H3. The molecule has 2 saturated carbocycles. The van der Waals surface area contributed by atoms with Gasteiger partial charge >= 0.3 is 0 Å². The first-order valence-electron chi connectivity index (χ1n) is 5.39. The maximum absolute atomic E-state index is 6.24. The van der Waals surface area contributed by atoms with E-state index in [2.05, 4.69) is 10.3 Å². The molecule has 3 atom stereocenters. The van der Waals surface area contributed by atoms with Crippen LogP contribution < -0.4 is 5.73 Å². The van der Waals surface area contributed by atoms with Gasteiger partial charge in [0.2, 0.25) is 0 Å². The molecule has 2 N–H and O–H groups in total. The van der Waals surface area contributed by atoms with E-state index in [1.165, 1.54) is 19.3 Å². The molecule has 0 radical (unpaired) electrons. The van der Waals surface area contributed by atoms with Crippen LogP contribution in [0.1, 0.15) is 31.0 Å². The molecule has 4 heteroatoms. The van der Waals surface area contributed by atoms with Crippen molar-refractivity contribution in [3.63, 3.8) is 0 Å². The number of fused-ring (bicyclic) bond motifs is 1. The van der Waals surface area contributed by atoms with Crippen molar-refractivity contribution in [2.24, 2.45) is 30.5 Å². The molecule has 14 heavy (non-hydrogen) atoms. The normalized spacial score (nSPS) is 36.9. The second kappa shape index (κ2) is 2.79. The fourth-order valence-corrected chi connectivity index (χ4v) is 3.21. The van der Waals surface area contributed by atoms with Crippen LogP contribution in [0.5, 0.6) is 0 Å². The Morgan fingerprint density at radius 1 is 1.50 bits per heavy atom. The summed E-state index contributed by atoms with van der Waals surface area (Å²) in [5.74, 6) is 2.51. The molecular formula is C10H16N4. The van der Waals surface area contributed by atoms with E-state index in [9.17, 15) is 0 Å². The number of nitrogens with zero attached hydrogens (tertiary/aromatic N) is 3. The minimum absolute atomic E-state index is 0.158. The number of hydrogen-bond acceptors (Lipinski definition) is 3. The first-order chi connectivity index (χ1) is 6.79. The van der Waals surface area contributed by atoms with Gasteiger partial charge in [0.05, 0.1) is 17.9 Å². The lowest BCUT2D eigenvalue weighted by Crippen LogP contribution is -2.18. The van der Waals surface area contributed by atoms with Gasteiger partial charge in [0.15, 0.2) is 0 Å². The number of aromatic nitrogens is 3. The zero-order valence-electron chi connectivity index (χ0n) is 8.43. The second-order valence-electron chi connectivity index (χ2n) is 4.64. The summed E-state index contributed by atoms with van der Waals surface area (Å²) < 4.78 is 1.80. The fraction of sp³-hybridized carbons (Fsp3) is 0.800. The van der Waals surface area contributed by atoms with Gasteiger partial charge in [-0.15, -0.1) is 5.10 Å². The molecule has 1 aromatic heterocycles. The number of aryl methyl sites for hydroxylation is 1. The van der Waals surface area contributed by atoms with E-state index in [0.29, 0.717) is 5.92 Å². The van der Waals surface area contributed by atoms with Crippen molar-refractivity contribution in [3.8, 4) is 0 Å². The lowest BCUT2D eigenvalue weighted by atomic mass is 10.0. The molecule has 2 aliphatic rings. The molecule has 3 unspecified atom stereocenters. The number of hydrogen-bond donors (Lipinski definition) is 1. The Labute approximate surface area is 83.5 Å². The largest absolute Gasteiger partial charge is 0.322 e. The molecule has 0 amide bonds. The maximum Gasteiger partial charge on any atom is 0.0754 e. The van der Waals surface area contributed by atoms with Crippen molar-refractivity contribution in [2.75, 3.05) is 0 Å². The summed E-state index contributed by atoms with van der Waals surface area (Å²) in [6, 6.07) is 0.158. The number of nitrogens with two attached hydrogens (primary N) is 1. The van der Waals surface area contributed by atoms with Gasteiger partial charge in [-0.1, -0.05) is 11.6 Å². The minimum atomic E-state index is 0.158. The predicted octanol–water partition coefficient (Wildman–Crippen LogP) is 0.861. The van der Waals surface area contributed by atoms with Gasteiger partial charge in [-0.3, -0.25) is 4.68 Å². The van der Waals surface area contributed by atoms with Crippen molar-refractivity contribution < 1.29 is 0 Å². The number of rotatable bonds is 2. The van der Waals surface area contributed by atoms with Crippen LogP contribution in [0.4, 0.5) is 0 Å². The Morgan fingerprint density at radius 2 is 2.21 bits per heavy atom. The predicted molar refractivity (Wildman–Crippen MR) is 52.3 cm³/mol. The van der Waals surface area contributed by atoms with Crippen molar-refractivity contribution in [1.82, 2.24) is 15.0 Å². The highest BCUT2D eigenvalue weighted by Gasteiger charge is 2.55. The van der Waals surface area contributed by atoms with Crippen LogP contribution in [0.2, 0.25) is 0 Å². The molecule has 76 valence electrons. The van der Waals surface area contributed by atoms with Gasteiger partial charge in [0.25, 0.3) is 0 Å². The highest BCUT2D eigenvalue weighted by molar-refractivity contribution is 5.13. The highest BCUT2D eigenvalue weighted by atomic mass is 15.4. The highest BCUT2D eigenvalue weighted by Crippen LogP contribution is 2.61. The average Bonchev–Trinajstić information content (AvgIpc) is 2.57. The summed E-state index contributed by atoms with van der Waals surface area (Å²) in [7, 11) is 1.92. The van der Waals surface area contributed by atoms with Crippen LogP contribution in [0.15, 0.2) is 6.20 Å². The van der Waals surface area contributed by atoms with Crippen LogP contribution in [0, 0.1) is 17.8 Å². The molecule has 0 bridgehead atoms. The Balaban J connectivity index is 1.78. The van der Waals surface area contributed by atoms with Crippen LogP contribution >= 0.6 is 0 Å². The Kier molecular flexibility index (Phi) is 1.68. The maximum atomic E-state index is 6.24. The summed E-state index contributed by atoms with van der Waals surface area (Å²) in [5.41, 5.74) is 7.32. The van der Waals surface area contributed by atoms with Gasteiger partial charge in [0, 0.05) is 7.05 Å². The van der Waals surface area contributed by atoms with Crippen LogP contribution in [-0.2, 0) is 7.05 Å². The zero-order chi connectivity index (χ0) is 9.71. The third-order valence-electron chi connectivity index (χ3n) is 3.98. The Morgan fingerprint density at radius 3 is 2.79 bits per heavy atom. The van der Waals surface area contributed by atoms with Gasteiger partial charge in [-0.2, -0.15) is 0 Å². The molecule has 3 rings (SSSR count). The lowest BCUT2D eigenvalue weighted by molar-refractivity contribution is 0.475. The molecule has 2 fully saturated rings. The molecule has 1 heterocycles. The molecule has 4 nitrogen and oxygen atoms in total. The van der Waals surface area contributed by atoms with Gasteiger partial charge in [-0.05, 0) is 30.6 Å². The molecular weight excluding hydrogens is 176 g/mol. The van der Waals surface area contributed by atoms with Crippen molar-refractivity contribution in [2.45, 2.75) is 25.3 Å². The molecule has 1 aromatic rings. The van der Waals surface area contributed by atoms with E-state index in [4.69, 9.17) is 5.73 Å². The average molecular weight is 192 g/mol. The van der Waals surface area contributed by atoms with E-state index in [-0.39, 0.29) is 6.04 Å². The zero-order valence-corrected chi connectivity index (χ0v) is 8.43. The van der Waals surface area contributed by atoms with Crippen molar-refractivity contribution in [3.05, 3.63) is 11.9 Å². The summed E-state index contributed by atoms with van der Waals surface area (Å²) in [4.78, 5) is 0. The van der Waals surface area contributed by atoms with Gasteiger partial charge < -0.3 is 5.73 Å². The van der Waals surface area contributed by atoms with Gasteiger partial charge in [-0.25, -0.2) is 0 Å². The van der Waals surface area contributed by atoms with E-state index in [1.807, 2.05) is 7.05 Å². The third kappa shape index (κ3) is 1.03. The molecule has 0 aromatic carbocycles. The SMILES string of the molecule is Cn1nncc1C(N)C1C2CCCC21. The van der Waals surface area contributed by atoms with Crippen molar-refractivity contribution in [1.29, 1.82) is 0 Å². The van der Waals surface area contributed by atoms with Crippen LogP contribution in [0.3, 0.4) is 0 Å². The molecule has 0 spiro atoms. The Hall–Kier alpha value is -0.900. The van der Waals surface area contributed by atoms with E-state index < -0.39 is 0 Å². The third-order valence-corrected chi connectivity index (χ3v) is 3.98. The topological polar surface area (TPSA) is 56.7 Å². The van der Waals surface area contributed by atoms with Crippen LogP contribution in [0.25, 0.3) is 0 Å². The van der Waals surface area contributed by atoms with E-state index in [0.717, 1.165) is 17.5 Å². The summed E-state index contributed by atoms with van der Waals surface area (Å²) in [6.07, 6.45) is 5.98. The van der Waals surface area contributed by atoms with E-state index in [1.54, 1.807) is 10.9 Å². The quantitative estimate of drug-likeness (QED) is 0.756. The first-order valence-corrected chi connectivity index (χ1v) is 5.39. The summed E-state index contributed by atoms with van der Waals surface area (Å²) in [6.45, 7) is 0. The first kappa shape index (κ1) is 8.41. The monoisotopic (exact) mass is 192 g/mol.